The molecular formula is C20H33IN4O2. The van der Waals surface area contributed by atoms with E-state index in [0.717, 1.165) is 62.6 Å². The zero-order valence-corrected chi connectivity index (χ0v) is 19.3. The van der Waals surface area contributed by atoms with Crippen LogP contribution >= 0.6 is 24.0 Å². The maximum atomic E-state index is 5.46. The Morgan fingerprint density at radius 1 is 1.22 bits per heavy atom. The molecule has 6 nitrogen and oxygen atoms in total. The molecule has 0 spiro atoms. The average molecular weight is 488 g/mol. The number of hydrogen-bond acceptors (Lipinski definition) is 4. The molecule has 27 heavy (non-hydrogen) atoms. The van der Waals surface area contributed by atoms with Crippen LogP contribution in [0.4, 0.5) is 0 Å². The standard InChI is InChI=1S/C20H32N4O2.HI/c1-5-23(17-6-7-17)11-9-22-20(21-2)24-10-8-15-12-18(25-3)19(26-4)13-16(15)14-24;/h12-13,17H,5-11,14H2,1-4H3,(H,21,22);1H. The Bertz CT molecular complexity index is 649. The number of benzene rings is 1. The van der Waals surface area contributed by atoms with Crippen LogP contribution in [-0.4, -0.2) is 69.2 Å². The lowest BCUT2D eigenvalue weighted by atomic mass is 9.99. The normalized spacial score (nSPS) is 16.6. The molecule has 7 heteroatoms. The summed E-state index contributed by atoms with van der Waals surface area (Å²) in [4.78, 5) is 9.38. The van der Waals surface area contributed by atoms with Gasteiger partial charge in [-0.3, -0.25) is 9.89 Å². The summed E-state index contributed by atoms with van der Waals surface area (Å²) in [5.74, 6) is 2.58. The van der Waals surface area contributed by atoms with E-state index in [1.54, 1.807) is 14.2 Å². The molecule has 0 amide bonds. The number of hydrogen-bond donors (Lipinski definition) is 1. The largest absolute Gasteiger partial charge is 0.493 e. The van der Waals surface area contributed by atoms with Crippen LogP contribution in [0, 0.1) is 0 Å². The van der Waals surface area contributed by atoms with E-state index in [0.29, 0.717) is 0 Å². The van der Waals surface area contributed by atoms with Crippen molar-refractivity contribution in [3.8, 4) is 11.5 Å². The van der Waals surface area contributed by atoms with Gasteiger partial charge < -0.3 is 19.7 Å². The lowest BCUT2D eigenvalue weighted by Gasteiger charge is -2.32. The predicted octanol–water partition coefficient (Wildman–Crippen LogP) is 2.74. The van der Waals surface area contributed by atoms with Gasteiger partial charge in [0.15, 0.2) is 17.5 Å². The van der Waals surface area contributed by atoms with Crippen LogP contribution < -0.4 is 14.8 Å². The van der Waals surface area contributed by atoms with Crippen LogP contribution in [0.3, 0.4) is 0 Å². The first-order chi connectivity index (χ1) is 12.7. The summed E-state index contributed by atoms with van der Waals surface area (Å²) >= 11 is 0. The summed E-state index contributed by atoms with van der Waals surface area (Å²) in [6.45, 7) is 7.19. The van der Waals surface area contributed by atoms with Crippen LogP contribution in [0.2, 0.25) is 0 Å². The van der Waals surface area contributed by atoms with E-state index >= 15 is 0 Å². The zero-order chi connectivity index (χ0) is 18.5. The fraction of sp³-hybridized carbons (Fsp3) is 0.650. The second kappa shape index (κ2) is 10.4. The highest BCUT2D eigenvalue weighted by Gasteiger charge is 2.27. The SMILES string of the molecule is CCN(CCNC(=NC)N1CCc2cc(OC)c(OC)cc2C1)C1CC1.I. The number of rotatable bonds is 7. The maximum absolute atomic E-state index is 5.46. The Hall–Kier alpha value is -1.22. The Morgan fingerprint density at radius 2 is 1.89 bits per heavy atom. The average Bonchev–Trinajstić information content (AvgIpc) is 3.51. The molecule has 1 aromatic carbocycles. The van der Waals surface area contributed by atoms with Crippen molar-refractivity contribution in [2.75, 3.05) is 47.4 Å². The van der Waals surface area contributed by atoms with Crippen LogP contribution in [0.15, 0.2) is 17.1 Å². The summed E-state index contributed by atoms with van der Waals surface area (Å²) in [6, 6.07) is 5.02. The van der Waals surface area contributed by atoms with Gasteiger partial charge in [-0.25, -0.2) is 0 Å². The molecule has 152 valence electrons. The molecule has 1 heterocycles. The van der Waals surface area contributed by atoms with Gasteiger partial charge in [0, 0.05) is 39.3 Å². The van der Waals surface area contributed by atoms with E-state index < -0.39 is 0 Å². The number of likely N-dealkylation sites (N-methyl/N-ethyl adjacent to an activating group) is 1. The van der Waals surface area contributed by atoms with E-state index in [9.17, 15) is 0 Å². The van der Waals surface area contributed by atoms with Gasteiger partial charge in [0.05, 0.1) is 14.2 Å². The van der Waals surface area contributed by atoms with E-state index in [4.69, 9.17) is 9.47 Å². The molecule has 1 aliphatic heterocycles. The van der Waals surface area contributed by atoms with Gasteiger partial charge in [0.1, 0.15) is 0 Å². The second-order valence-corrected chi connectivity index (χ2v) is 6.98. The number of methoxy groups -OCH3 is 2. The third kappa shape index (κ3) is 5.40. The topological polar surface area (TPSA) is 49.3 Å². The number of nitrogens with one attached hydrogen (secondary N) is 1. The smallest absolute Gasteiger partial charge is 0.194 e. The number of halogens is 1. The molecule has 2 aliphatic rings. The molecule has 3 rings (SSSR count). The molecule has 1 fully saturated rings. The van der Waals surface area contributed by atoms with Crippen molar-refractivity contribution >= 4 is 29.9 Å². The minimum Gasteiger partial charge on any atom is -0.493 e. The summed E-state index contributed by atoms with van der Waals surface area (Å²) in [5, 5.41) is 3.55. The highest BCUT2D eigenvalue weighted by atomic mass is 127. The molecule has 0 radical (unpaired) electrons. The van der Waals surface area contributed by atoms with Crippen molar-refractivity contribution in [2.24, 2.45) is 4.99 Å². The first-order valence-corrected chi connectivity index (χ1v) is 9.63. The summed E-state index contributed by atoms with van der Waals surface area (Å²) in [6.07, 6.45) is 3.70. The van der Waals surface area contributed by atoms with Crippen LogP contribution in [0.25, 0.3) is 0 Å². The van der Waals surface area contributed by atoms with Crippen molar-refractivity contribution in [3.63, 3.8) is 0 Å². The van der Waals surface area contributed by atoms with Gasteiger partial charge in [-0.1, -0.05) is 6.92 Å². The third-order valence-electron chi connectivity index (χ3n) is 5.38. The minimum absolute atomic E-state index is 0. The molecule has 1 aromatic rings. The van der Waals surface area contributed by atoms with Gasteiger partial charge in [-0.15, -0.1) is 24.0 Å². The van der Waals surface area contributed by atoms with E-state index in [-0.39, 0.29) is 24.0 Å². The quantitative estimate of drug-likeness (QED) is 0.364. The molecule has 1 aliphatic carbocycles. The first kappa shape index (κ1) is 22.1. The summed E-state index contributed by atoms with van der Waals surface area (Å²) in [7, 11) is 5.24. The van der Waals surface area contributed by atoms with Crippen molar-refractivity contribution in [1.29, 1.82) is 0 Å². The van der Waals surface area contributed by atoms with Gasteiger partial charge in [-0.05, 0) is 49.1 Å². The van der Waals surface area contributed by atoms with Gasteiger partial charge in [0.2, 0.25) is 0 Å². The Kier molecular flexibility index (Phi) is 8.47. The van der Waals surface area contributed by atoms with E-state index in [1.807, 2.05) is 7.05 Å². The maximum Gasteiger partial charge on any atom is 0.194 e. The fourth-order valence-corrected chi connectivity index (χ4v) is 3.75. The lowest BCUT2D eigenvalue weighted by molar-refractivity contribution is 0.279. The van der Waals surface area contributed by atoms with Crippen LogP contribution in [0.5, 0.6) is 11.5 Å². The molecular weight excluding hydrogens is 455 g/mol. The fourth-order valence-electron chi connectivity index (χ4n) is 3.75. The van der Waals surface area contributed by atoms with Gasteiger partial charge in [-0.2, -0.15) is 0 Å². The predicted molar refractivity (Wildman–Crippen MR) is 121 cm³/mol. The summed E-state index contributed by atoms with van der Waals surface area (Å²) < 4.78 is 10.9. The monoisotopic (exact) mass is 488 g/mol. The summed E-state index contributed by atoms with van der Waals surface area (Å²) in [5.41, 5.74) is 2.62. The lowest BCUT2D eigenvalue weighted by Crippen LogP contribution is -2.46. The molecule has 0 aromatic heterocycles. The molecule has 0 atom stereocenters. The number of guanidine groups is 1. The van der Waals surface area contributed by atoms with Crippen molar-refractivity contribution in [3.05, 3.63) is 23.3 Å². The zero-order valence-electron chi connectivity index (χ0n) is 17.0. The number of nitrogens with zero attached hydrogens (tertiary/aromatic N) is 3. The molecule has 0 bridgehead atoms. The third-order valence-corrected chi connectivity index (χ3v) is 5.38. The highest BCUT2D eigenvalue weighted by molar-refractivity contribution is 14.0. The second-order valence-electron chi connectivity index (χ2n) is 6.98. The number of fused-ring (bicyclic) bond motifs is 1. The minimum atomic E-state index is 0. The Balaban J connectivity index is 0.00000261. The van der Waals surface area contributed by atoms with E-state index in [1.165, 1.54) is 24.0 Å². The number of ether oxygens (including phenoxy) is 2. The van der Waals surface area contributed by atoms with Crippen molar-refractivity contribution < 1.29 is 9.47 Å². The molecule has 1 saturated carbocycles. The van der Waals surface area contributed by atoms with Crippen molar-refractivity contribution in [2.45, 2.75) is 38.8 Å². The Morgan fingerprint density at radius 3 is 2.44 bits per heavy atom. The van der Waals surface area contributed by atoms with Crippen LogP contribution in [-0.2, 0) is 13.0 Å². The molecule has 0 unspecified atom stereocenters. The van der Waals surface area contributed by atoms with E-state index in [2.05, 4.69) is 39.2 Å². The highest BCUT2D eigenvalue weighted by Crippen LogP contribution is 2.33. The number of aliphatic imine (C=N–C) groups is 1. The first-order valence-electron chi connectivity index (χ1n) is 9.63. The van der Waals surface area contributed by atoms with Gasteiger partial charge >= 0.3 is 0 Å². The molecule has 1 N–H and O–H groups in total. The Labute approximate surface area is 180 Å². The van der Waals surface area contributed by atoms with Crippen molar-refractivity contribution in [1.82, 2.24) is 15.1 Å². The molecule has 0 saturated heterocycles. The van der Waals surface area contributed by atoms with Crippen LogP contribution in [0.1, 0.15) is 30.9 Å². The van der Waals surface area contributed by atoms with Gasteiger partial charge in [0.25, 0.3) is 0 Å².